The zero-order chi connectivity index (χ0) is 30.5. The van der Waals surface area contributed by atoms with Gasteiger partial charge in [0.05, 0.1) is 31.9 Å². The average molecular weight is 622 g/mol. The predicted octanol–water partition coefficient (Wildman–Crippen LogP) is 5.03. The van der Waals surface area contributed by atoms with Gasteiger partial charge in [-0.05, 0) is 33.7 Å². The summed E-state index contributed by atoms with van der Waals surface area (Å²) in [6.45, 7) is 0.405. The number of pyridine rings is 1. The van der Waals surface area contributed by atoms with E-state index in [4.69, 9.17) is 9.47 Å². The molecule has 1 saturated heterocycles. The number of fused-ring (bicyclic) bond motifs is 4. The van der Waals surface area contributed by atoms with Gasteiger partial charge in [0.25, 0.3) is 11.8 Å². The molecule has 0 N–H and O–H groups in total. The second-order valence-electron chi connectivity index (χ2n) is 10.9. The van der Waals surface area contributed by atoms with Crippen molar-refractivity contribution < 1.29 is 37.0 Å². The molecule has 2 aliphatic heterocycles. The smallest absolute Gasteiger partial charge is 0.437 e. The number of methoxy groups -OCH3 is 1. The molecule has 0 saturated carbocycles. The molecule has 9 nitrogen and oxygen atoms in total. The van der Waals surface area contributed by atoms with Gasteiger partial charge in [0.15, 0.2) is 5.69 Å². The van der Waals surface area contributed by atoms with Crippen LogP contribution in [0, 0.1) is 5.82 Å². The summed E-state index contributed by atoms with van der Waals surface area (Å²) in [4.78, 5) is 41.4. The normalized spacial score (nSPS) is 20.6. The van der Waals surface area contributed by atoms with E-state index in [9.17, 15) is 14.4 Å². The lowest BCUT2D eigenvalue weighted by Crippen LogP contribution is -2.66. The number of ether oxygens (including phenoxy) is 3. The highest BCUT2D eigenvalue weighted by atomic mass is 32.1. The molecule has 4 aromatic rings. The lowest BCUT2D eigenvalue weighted by Gasteiger charge is -2.51. The van der Waals surface area contributed by atoms with Crippen LogP contribution in [0.15, 0.2) is 58.8 Å². The van der Waals surface area contributed by atoms with Crippen LogP contribution in [0.1, 0.15) is 38.8 Å². The van der Waals surface area contributed by atoms with E-state index in [0.717, 1.165) is 29.7 Å². The van der Waals surface area contributed by atoms with E-state index in [1.165, 1.54) is 33.2 Å². The standard InChI is InChI=1S/C31H22F3N3O6S/c1-41-30(40)43-27-20(38)8-9-36-26(27)29(39)35-10-11-42-13-21(35)37(36)25-16-4-2-3-5-17(16)28-22-15(14-44-28)12-31(33,34)24-19(32)7-6-18(25)23(22)24/h2-9,14,21,25H,10-13H2,1H3/t21-,25+/m1/s1. The molecule has 1 fully saturated rings. The first-order valence-electron chi connectivity index (χ1n) is 13.8. The number of aromatic nitrogens is 1. The van der Waals surface area contributed by atoms with Gasteiger partial charge in [0, 0.05) is 41.2 Å². The Morgan fingerprint density at radius 3 is 2.73 bits per heavy atom. The van der Waals surface area contributed by atoms with Gasteiger partial charge in [-0.15, -0.1) is 11.3 Å². The van der Waals surface area contributed by atoms with E-state index in [0.29, 0.717) is 22.3 Å². The Bertz CT molecular complexity index is 1970. The van der Waals surface area contributed by atoms with Crippen LogP contribution in [-0.4, -0.2) is 54.7 Å². The zero-order valence-electron chi connectivity index (χ0n) is 23.0. The number of amides is 1. The van der Waals surface area contributed by atoms with Gasteiger partial charge in [0.1, 0.15) is 12.0 Å². The summed E-state index contributed by atoms with van der Waals surface area (Å²) >= 11 is 1.32. The molecule has 13 heteroatoms. The molecular formula is C31H22F3N3O6S. The first-order chi connectivity index (χ1) is 21.2. The summed E-state index contributed by atoms with van der Waals surface area (Å²) in [7, 11) is 1.07. The van der Waals surface area contributed by atoms with Gasteiger partial charge < -0.3 is 19.1 Å². The summed E-state index contributed by atoms with van der Waals surface area (Å²) in [6, 6.07) is 10.3. The van der Waals surface area contributed by atoms with Crippen molar-refractivity contribution in [2.24, 2.45) is 0 Å². The van der Waals surface area contributed by atoms with E-state index in [1.54, 1.807) is 10.4 Å². The number of morpholine rings is 1. The number of carbonyl (C=O) groups is 2. The van der Waals surface area contributed by atoms with E-state index in [2.05, 4.69) is 4.74 Å². The molecule has 0 radical (unpaired) electrons. The van der Waals surface area contributed by atoms with Crippen molar-refractivity contribution in [3.05, 3.63) is 98.0 Å². The maximum Gasteiger partial charge on any atom is 0.513 e. The van der Waals surface area contributed by atoms with Crippen molar-refractivity contribution in [3.63, 3.8) is 0 Å². The largest absolute Gasteiger partial charge is 0.513 e. The molecule has 2 aromatic heterocycles. The lowest BCUT2D eigenvalue weighted by molar-refractivity contribution is -0.0197. The molecule has 4 heterocycles. The molecule has 2 atom stereocenters. The van der Waals surface area contributed by atoms with Gasteiger partial charge in [-0.1, -0.05) is 30.3 Å². The Morgan fingerprint density at radius 2 is 1.91 bits per heavy atom. The van der Waals surface area contributed by atoms with Crippen LogP contribution in [0.25, 0.3) is 21.6 Å². The molecule has 44 heavy (non-hydrogen) atoms. The summed E-state index contributed by atoms with van der Waals surface area (Å²) < 4.78 is 64.1. The van der Waals surface area contributed by atoms with E-state index >= 15 is 13.2 Å². The highest BCUT2D eigenvalue weighted by Crippen LogP contribution is 2.58. The number of hydrogen-bond acceptors (Lipinski definition) is 8. The minimum Gasteiger partial charge on any atom is -0.437 e. The van der Waals surface area contributed by atoms with Gasteiger partial charge in [-0.2, -0.15) is 0 Å². The number of thiophene rings is 1. The summed E-state index contributed by atoms with van der Waals surface area (Å²) in [5, 5.41) is 3.47. The first-order valence-corrected chi connectivity index (χ1v) is 14.7. The molecule has 2 aliphatic carbocycles. The third kappa shape index (κ3) is 3.59. The number of nitrogens with zero attached hydrogens (tertiary/aromatic N) is 3. The number of alkyl halides is 2. The SMILES string of the molecule is COC(=O)Oc1c2n(ccc1=O)N([C@H]1c3ccccc3-c3scc4c3-c3c1ccc(F)c3C(F)(F)C4)[C@@H]1COCCN1C2=O. The van der Waals surface area contributed by atoms with Crippen LogP contribution in [0.2, 0.25) is 0 Å². The fraction of sp³-hybridized carbons (Fsp3) is 0.258. The Balaban J connectivity index is 1.47. The van der Waals surface area contributed by atoms with Gasteiger partial charge in [-0.25, -0.2) is 18.0 Å². The molecule has 8 rings (SSSR count). The Hall–Kier alpha value is -4.62. The van der Waals surface area contributed by atoms with Crippen molar-refractivity contribution in [1.29, 1.82) is 0 Å². The number of rotatable bonds is 2. The second kappa shape index (κ2) is 9.44. The molecule has 4 aliphatic rings. The van der Waals surface area contributed by atoms with E-state index in [-0.39, 0.29) is 31.0 Å². The molecule has 2 aromatic carbocycles. The van der Waals surface area contributed by atoms with Gasteiger partial charge in [-0.3, -0.25) is 19.3 Å². The van der Waals surface area contributed by atoms with Gasteiger partial charge in [0.2, 0.25) is 11.2 Å². The van der Waals surface area contributed by atoms with Crippen LogP contribution in [-0.2, 0) is 21.8 Å². The van der Waals surface area contributed by atoms with Crippen LogP contribution in [0.4, 0.5) is 18.0 Å². The number of hydrogen-bond donors (Lipinski definition) is 0. The van der Waals surface area contributed by atoms with Crippen LogP contribution >= 0.6 is 11.3 Å². The molecule has 0 spiro atoms. The first kappa shape index (κ1) is 27.0. The monoisotopic (exact) mass is 621 g/mol. The average Bonchev–Trinajstić information content (AvgIpc) is 3.38. The van der Waals surface area contributed by atoms with Crippen LogP contribution in [0.3, 0.4) is 0 Å². The van der Waals surface area contributed by atoms with Crippen molar-refractivity contribution >= 4 is 23.4 Å². The highest BCUT2D eigenvalue weighted by molar-refractivity contribution is 7.14. The minimum absolute atomic E-state index is 0.0513. The third-order valence-electron chi connectivity index (χ3n) is 8.65. The van der Waals surface area contributed by atoms with Crippen molar-refractivity contribution in [2.75, 3.05) is 31.9 Å². The fourth-order valence-electron chi connectivity index (χ4n) is 6.91. The number of halogens is 3. The second-order valence-corrected chi connectivity index (χ2v) is 11.8. The van der Waals surface area contributed by atoms with Crippen LogP contribution in [0.5, 0.6) is 5.75 Å². The molecule has 1 amide bonds. The topological polar surface area (TPSA) is 90.3 Å². The van der Waals surface area contributed by atoms with E-state index < -0.39 is 59.2 Å². The zero-order valence-corrected chi connectivity index (χ0v) is 23.8. The number of benzene rings is 2. The molecular weight excluding hydrogens is 599 g/mol. The van der Waals surface area contributed by atoms with Crippen molar-refractivity contribution in [3.8, 4) is 27.3 Å². The maximum atomic E-state index is 15.8. The molecule has 224 valence electrons. The fourth-order valence-corrected chi connectivity index (χ4v) is 8.03. The molecule has 0 unspecified atom stereocenters. The van der Waals surface area contributed by atoms with Crippen molar-refractivity contribution in [2.45, 2.75) is 24.6 Å². The summed E-state index contributed by atoms with van der Waals surface area (Å²) in [5.74, 6) is -5.59. The minimum atomic E-state index is -3.47. The lowest BCUT2D eigenvalue weighted by atomic mass is 9.80. The summed E-state index contributed by atoms with van der Waals surface area (Å²) in [5.41, 5.74) is 1.36. The Labute approximate surface area is 251 Å². The number of carbonyl (C=O) groups excluding carboxylic acids is 2. The maximum absolute atomic E-state index is 15.8. The Morgan fingerprint density at radius 1 is 1.09 bits per heavy atom. The highest BCUT2D eigenvalue weighted by Gasteiger charge is 2.50. The van der Waals surface area contributed by atoms with Crippen molar-refractivity contribution in [1.82, 2.24) is 9.58 Å². The Kier molecular flexibility index (Phi) is 5.78. The third-order valence-corrected chi connectivity index (χ3v) is 9.71. The van der Waals surface area contributed by atoms with Crippen LogP contribution < -0.4 is 15.2 Å². The van der Waals surface area contributed by atoms with Gasteiger partial charge >= 0.3 is 6.16 Å². The molecule has 0 bridgehead atoms. The van der Waals surface area contributed by atoms with E-state index in [1.807, 2.05) is 24.3 Å². The quantitative estimate of drug-likeness (QED) is 0.290. The predicted molar refractivity (Wildman–Crippen MR) is 152 cm³/mol. The summed E-state index contributed by atoms with van der Waals surface area (Å²) in [6.07, 6.45) is -1.20.